The summed E-state index contributed by atoms with van der Waals surface area (Å²) >= 11 is 1.41. The Bertz CT molecular complexity index is 849. The molecule has 0 saturated heterocycles. The second-order valence-electron chi connectivity index (χ2n) is 5.48. The molecule has 0 aliphatic carbocycles. The maximum absolute atomic E-state index is 12.6. The molecule has 0 spiro atoms. The number of carbonyl (C=O) groups excluding carboxylic acids is 1. The van der Waals surface area contributed by atoms with Gasteiger partial charge >= 0.3 is 0 Å². The van der Waals surface area contributed by atoms with Crippen molar-refractivity contribution in [3.63, 3.8) is 0 Å². The lowest BCUT2D eigenvalue weighted by Crippen LogP contribution is -2.13. The quantitative estimate of drug-likeness (QED) is 0.804. The molecule has 0 aromatic carbocycles. The van der Waals surface area contributed by atoms with Gasteiger partial charge < -0.3 is 0 Å². The van der Waals surface area contributed by atoms with Gasteiger partial charge in [-0.3, -0.25) is 10.1 Å². The van der Waals surface area contributed by atoms with Crippen molar-refractivity contribution in [3.8, 4) is 0 Å². The van der Waals surface area contributed by atoms with Gasteiger partial charge in [0.25, 0.3) is 5.91 Å². The normalized spacial score (nSPS) is 11.3. The van der Waals surface area contributed by atoms with E-state index in [-0.39, 0.29) is 11.9 Å². The van der Waals surface area contributed by atoms with Crippen molar-refractivity contribution in [1.29, 1.82) is 0 Å². The number of nitrogens with zero attached hydrogens (tertiary/aromatic N) is 4. The highest BCUT2D eigenvalue weighted by Crippen LogP contribution is 2.23. The van der Waals surface area contributed by atoms with Crippen LogP contribution in [-0.2, 0) is 0 Å². The number of amides is 1. The summed E-state index contributed by atoms with van der Waals surface area (Å²) in [6.07, 6.45) is 1.70. The first kappa shape index (κ1) is 14.6. The van der Waals surface area contributed by atoms with E-state index in [4.69, 9.17) is 0 Å². The fourth-order valence-electron chi connectivity index (χ4n) is 2.28. The third-order valence-electron chi connectivity index (χ3n) is 3.27. The van der Waals surface area contributed by atoms with Crippen molar-refractivity contribution in [2.75, 3.05) is 5.32 Å². The first-order chi connectivity index (χ1) is 10.5. The Labute approximate surface area is 132 Å². The molecule has 0 fully saturated rings. The number of aromatic nitrogens is 4. The van der Waals surface area contributed by atoms with E-state index in [1.165, 1.54) is 11.3 Å². The van der Waals surface area contributed by atoms with Crippen molar-refractivity contribution in [1.82, 2.24) is 19.7 Å². The number of thiazole rings is 1. The van der Waals surface area contributed by atoms with Gasteiger partial charge in [-0.1, -0.05) is 0 Å². The Morgan fingerprint density at radius 1 is 1.27 bits per heavy atom. The van der Waals surface area contributed by atoms with Crippen LogP contribution in [0.4, 0.5) is 5.13 Å². The van der Waals surface area contributed by atoms with Gasteiger partial charge in [-0.05, 0) is 33.8 Å². The van der Waals surface area contributed by atoms with Crippen LogP contribution < -0.4 is 5.32 Å². The first-order valence-corrected chi connectivity index (χ1v) is 7.92. The van der Waals surface area contributed by atoms with Crippen molar-refractivity contribution in [3.05, 3.63) is 34.6 Å². The zero-order valence-corrected chi connectivity index (χ0v) is 13.7. The monoisotopic (exact) mass is 315 g/mol. The minimum absolute atomic E-state index is 0.185. The predicted octanol–water partition coefficient (Wildman–Crippen LogP) is 3.34. The van der Waals surface area contributed by atoms with Gasteiger partial charge in [0.05, 0.1) is 22.8 Å². The summed E-state index contributed by atoms with van der Waals surface area (Å²) in [5.74, 6) is -0.187. The lowest BCUT2D eigenvalue weighted by molar-refractivity contribution is 0.102. The van der Waals surface area contributed by atoms with Crippen LogP contribution in [0.2, 0.25) is 0 Å². The van der Waals surface area contributed by atoms with Gasteiger partial charge in [0.2, 0.25) is 0 Å². The van der Waals surface area contributed by atoms with Crippen LogP contribution in [-0.4, -0.2) is 25.7 Å². The summed E-state index contributed by atoms with van der Waals surface area (Å²) in [6, 6.07) is 1.97. The third-order valence-corrected chi connectivity index (χ3v) is 4.14. The number of hydrogen-bond acceptors (Lipinski definition) is 5. The Balaban J connectivity index is 2.04. The summed E-state index contributed by atoms with van der Waals surface area (Å²) < 4.78 is 1.83. The van der Waals surface area contributed by atoms with Crippen LogP contribution in [0, 0.1) is 13.8 Å². The molecular formula is C15H17N5OS. The fraction of sp³-hybridized carbons (Fsp3) is 0.333. The molecule has 0 aliphatic rings. The fourth-order valence-corrected chi connectivity index (χ4v) is 2.97. The van der Waals surface area contributed by atoms with Crippen LogP contribution >= 0.6 is 11.3 Å². The van der Waals surface area contributed by atoms with Gasteiger partial charge in [-0.2, -0.15) is 5.10 Å². The molecule has 0 aliphatic heterocycles. The molecule has 3 aromatic rings. The molecule has 0 radical (unpaired) electrons. The highest BCUT2D eigenvalue weighted by atomic mass is 32.1. The average molecular weight is 315 g/mol. The van der Waals surface area contributed by atoms with E-state index in [0.717, 1.165) is 22.4 Å². The van der Waals surface area contributed by atoms with Gasteiger partial charge in [-0.25, -0.2) is 14.6 Å². The summed E-state index contributed by atoms with van der Waals surface area (Å²) in [5, 5.41) is 10.4. The van der Waals surface area contributed by atoms with Gasteiger partial charge in [0, 0.05) is 17.1 Å². The first-order valence-electron chi connectivity index (χ1n) is 7.04. The Hall–Kier alpha value is -2.28. The van der Waals surface area contributed by atoms with Crippen LogP contribution in [0.1, 0.15) is 41.6 Å². The number of rotatable bonds is 3. The number of nitrogens with one attached hydrogen (secondary N) is 1. The SMILES string of the molecule is Cc1csc(NC(=O)c2cc(C)nc3c2cnn3C(C)C)n1. The molecule has 0 atom stereocenters. The predicted molar refractivity (Wildman–Crippen MR) is 87.5 cm³/mol. The molecule has 22 heavy (non-hydrogen) atoms. The largest absolute Gasteiger partial charge is 0.298 e. The van der Waals surface area contributed by atoms with Crippen molar-refractivity contribution >= 4 is 33.4 Å². The molecule has 0 saturated carbocycles. The standard InChI is InChI=1S/C15H17N5OS/c1-8(2)20-13-12(6-16-20)11(5-9(3)17-13)14(21)19-15-18-10(4)7-22-15/h5-8H,1-4H3,(H,18,19,21). The van der Waals surface area contributed by atoms with E-state index in [1.807, 2.05) is 37.8 Å². The highest BCUT2D eigenvalue weighted by Gasteiger charge is 2.17. The van der Waals surface area contributed by atoms with E-state index in [1.54, 1.807) is 12.3 Å². The average Bonchev–Trinajstić information content (AvgIpc) is 3.03. The van der Waals surface area contributed by atoms with Crippen LogP contribution in [0.3, 0.4) is 0 Å². The highest BCUT2D eigenvalue weighted by molar-refractivity contribution is 7.13. The van der Waals surface area contributed by atoms with Gasteiger partial charge in [-0.15, -0.1) is 11.3 Å². The topological polar surface area (TPSA) is 72.7 Å². The molecule has 1 amide bonds. The Morgan fingerprint density at radius 2 is 2.05 bits per heavy atom. The van der Waals surface area contributed by atoms with E-state index in [0.29, 0.717) is 10.7 Å². The number of carbonyl (C=O) groups is 1. The molecule has 7 heteroatoms. The van der Waals surface area contributed by atoms with Crippen molar-refractivity contribution in [2.45, 2.75) is 33.7 Å². The Kier molecular flexibility index (Phi) is 3.66. The summed E-state index contributed by atoms with van der Waals surface area (Å²) in [7, 11) is 0. The number of aryl methyl sites for hydroxylation is 2. The van der Waals surface area contributed by atoms with Crippen LogP contribution in [0.25, 0.3) is 11.0 Å². The summed E-state index contributed by atoms with van der Waals surface area (Å²) in [6.45, 7) is 7.85. The maximum atomic E-state index is 12.6. The smallest absolute Gasteiger partial charge is 0.258 e. The molecule has 0 unspecified atom stereocenters. The molecule has 1 N–H and O–H groups in total. The van der Waals surface area contributed by atoms with Crippen molar-refractivity contribution < 1.29 is 4.79 Å². The minimum atomic E-state index is -0.187. The minimum Gasteiger partial charge on any atom is -0.298 e. The van der Waals surface area contributed by atoms with Gasteiger partial charge in [0.15, 0.2) is 10.8 Å². The number of pyridine rings is 1. The maximum Gasteiger partial charge on any atom is 0.258 e. The van der Waals surface area contributed by atoms with Crippen molar-refractivity contribution in [2.24, 2.45) is 0 Å². The van der Waals surface area contributed by atoms with E-state index in [9.17, 15) is 4.79 Å². The summed E-state index contributed by atoms with van der Waals surface area (Å²) in [5.41, 5.74) is 2.98. The van der Waals surface area contributed by atoms with E-state index in [2.05, 4.69) is 20.4 Å². The molecule has 3 rings (SSSR count). The lowest BCUT2D eigenvalue weighted by Gasteiger charge is -2.08. The third kappa shape index (κ3) is 2.59. The number of hydrogen-bond donors (Lipinski definition) is 1. The zero-order chi connectivity index (χ0) is 15.9. The van der Waals surface area contributed by atoms with E-state index >= 15 is 0 Å². The molecule has 0 bridgehead atoms. The second kappa shape index (κ2) is 5.49. The molecule has 3 heterocycles. The molecule has 6 nitrogen and oxygen atoms in total. The van der Waals surface area contributed by atoms with Crippen LogP contribution in [0.15, 0.2) is 17.6 Å². The zero-order valence-electron chi connectivity index (χ0n) is 12.9. The molecule has 3 aromatic heterocycles. The lowest BCUT2D eigenvalue weighted by atomic mass is 10.1. The van der Waals surface area contributed by atoms with Crippen LogP contribution in [0.5, 0.6) is 0 Å². The van der Waals surface area contributed by atoms with E-state index < -0.39 is 0 Å². The molecule has 114 valence electrons. The molecular weight excluding hydrogens is 298 g/mol. The van der Waals surface area contributed by atoms with Gasteiger partial charge in [0.1, 0.15) is 0 Å². The second-order valence-corrected chi connectivity index (χ2v) is 6.34. The number of anilines is 1. The number of fused-ring (bicyclic) bond motifs is 1. The summed E-state index contributed by atoms with van der Waals surface area (Å²) in [4.78, 5) is 21.3. The Morgan fingerprint density at radius 3 is 2.68 bits per heavy atom.